The van der Waals surface area contributed by atoms with E-state index in [1.54, 1.807) is 11.9 Å². The van der Waals surface area contributed by atoms with E-state index in [-0.39, 0.29) is 23.2 Å². The lowest BCUT2D eigenvalue weighted by atomic mass is 9.96. The monoisotopic (exact) mass is 308 g/mol. The Balaban J connectivity index is 2.33. The van der Waals surface area contributed by atoms with Crippen LogP contribution in [0.4, 0.5) is 17.1 Å². The van der Waals surface area contributed by atoms with Crippen LogP contribution in [0.1, 0.15) is 12.8 Å². The highest BCUT2D eigenvalue weighted by molar-refractivity contribution is 5.79. The maximum absolute atomic E-state index is 11.7. The quantitative estimate of drug-likeness (QED) is 0.664. The van der Waals surface area contributed by atoms with Crippen LogP contribution in [0.5, 0.6) is 0 Å². The molecule has 1 aromatic rings. The summed E-state index contributed by atoms with van der Waals surface area (Å²) in [6, 6.07) is 3.58. The molecule has 0 saturated carbocycles. The van der Waals surface area contributed by atoms with E-state index in [2.05, 4.69) is 5.32 Å². The molecule has 22 heavy (non-hydrogen) atoms. The van der Waals surface area contributed by atoms with Crippen LogP contribution in [0.3, 0.4) is 0 Å². The average Bonchev–Trinajstić information content (AvgIpc) is 2.53. The molecule has 1 heterocycles. The lowest BCUT2D eigenvalue weighted by Crippen LogP contribution is -2.42. The van der Waals surface area contributed by atoms with Gasteiger partial charge in [0.1, 0.15) is 5.69 Å². The van der Waals surface area contributed by atoms with E-state index in [0.29, 0.717) is 18.8 Å². The Bertz CT molecular complexity index is 618. The number of carbonyl (C=O) groups is 1. The molecule has 2 rings (SSSR count). The van der Waals surface area contributed by atoms with Crippen LogP contribution in [0.25, 0.3) is 0 Å². The highest BCUT2D eigenvalue weighted by Gasteiger charge is 2.30. The van der Waals surface area contributed by atoms with E-state index in [1.165, 1.54) is 12.1 Å². The Kier molecular flexibility index (Phi) is 4.54. The van der Waals surface area contributed by atoms with Gasteiger partial charge in [0, 0.05) is 26.2 Å². The Labute approximate surface area is 126 Å². The number of rotatable bonds is 4. The molecule has 118 valence electrons. The molecule has 1 N–H and O–H groups in total. The zero-order valence-electron chi connectivity index (χ0n) is 12.0. The van der Waals surface area contributed by atoms with Crippen molar-refractivity contribution in [3.05, 3.63) is 38.4 Å². The minimum Gasteiger partial charge on any atom is -0.365 e. The van der Waals surface area contributed by atoms with E-state index in [1.807, 2.05) is 0 Å². The topological polar surface area (TPSA) is 119 Å². The standard InChI is InChI=1S/C13H16N4O5/c1-14-13(18)9-3-2-6-15(8-9)11-5-4-10(16(19)20)7-12(11)17(21)22/h4-5,7,9H,2-3,6,8H2,1H3,(H,14,18). The Morgan fingerprint density at radius 3 is 2.64 bits per heavy atom. The number of nitrogens with zero attached hydrogens (tertiary/aromatic N) is 3. The molecular weight excluding hydrogens is 292 g/mol. The largest absolute Gasteiger partial charge is 0.365 e. The molecule has 1 aliphatic heterocycles. The second kappa shape index (κ2) is 6.37. The van der Waals surface area contributed by atoms with Crippen molar-refractivity contribution in [2.24, 2.45) is 5.92 Å². The summed E-state index contributed by atoms with van der Waals surface area (Å²) < 4.78 is 0. The van der Waals surface area contributed by atoms with Gasteiger partial charge in [-0.25, -0.2) is 0 Å². The van der Waals surface area contributed by atoms with Gasteiger partial charge >= 0.3 is 0 Å². The lowest BCUT2D eigenvalue weighted by Gasteiger charge is -2.33. The van der Waals surface area contributed by atoms with E-state index in [0.717, 1.165) is 18.9 Å². The third kappa shape index (κ3) is 3.13. The van der Waals surface area contributed by atoms with Crippen LogP contribution in [0.2, 0.25) is 0 Å². The fourth-order valence-corrected chi connectivity index (χ4v) is 2.65. The van der Waals surface area contributed by atoms with Crippen LogP contribution in [0.15, 0.2) is 18.2 Å². The summed E-state index contributed by atoms with van der Waals surface area (Å²) in [6.45, 7) is 0.935. The third-order valence-corrected chi connectivity index (χ3v) is 3.75. The number of hydrogen-bond acceptors (Lipinski definition) is 6. The first-order valence-corrected chi connectivity index (χ1v) is 6.83. The predicted molar refractivity (Wildman–Crippen MR) is 78.8 cm³/mol. The molecule has 1 aliphatic rings. The summed E-state index contributed by atoms with van der Waals surface area (Å²) in [4.78, 5) is 34.1. The molecule has 0 aliphatic carbocycles. The van der Waals surface area contributed by atoms with Crippen LogP contribution in [-0.2, 0) is 4.79 Å². The first-order chi connectivity index (χ1) is 10.4. The Hall–Kier alpha value is -2.71. The minimum atomic E-state index is -0.666. The molecule has 1 atom stereocenters. The summed E-state index contributed by atoms with van der Waals surface area (Å²) in [7, 11) is 1.55. The number of hydrogen-bond donors (Lipinski definition) is 1. The van der Waals surface area contributed by atoms with Crippen molar-refractivity contribution >= 4 is 23.0 Å². The molecular formula is C13H16N4O5. The number of nitro benzene ring substituents is 2. The molecule has 0 spiro atoms. The molecule has 0 aromatic heterocycles. The number of non-ortho nitro benzene ring substituents is 1. The van der Waals surface area contributed by atoms with Crippen LogP contribution in [0, 0.1) is 26.1 Å². The van der Waals surface area contributed by atoms with Gasteiger partial charge in [0.2, 0.25) is 5.91 Å². The van der Waals surface area contributed by atoms with Crippen LogP contribution < -0.4 is 10.2 Å². The number of nitro groups is 2. The van der Waals surface area contributed by atoms with E-state index in [9.17, 15) is 25.0 Å². The molecule has 9 nitrogen and oxygen atoms in total. The number of nitrogens with one attached hydrogen (secondary N) is 1. The normalized spacial score (nSPS) is 17.9. The molecule has 1 fully saturated rings. The third-order valence-electron chi connectivity index (χ3n) is 3.75. The molecule has 1 unspecified atom stereocenters. The van der Waals surface area contributed by atoms with E-state index in [4.69, 9.17) is 0 Å². The zero-order chi connectivity index (χ0) is 16.3. The van der Waals surface area contributed by atoms with Crippen LogP contribution >= 0.6 is 0 Å². The van der Waals surface area contributed by atoms with Crippen molar-refractivity contribution in [3.63, 3.8) is 0 Å². The summed E-state index contributed by atoms with van der Waals surface area (Å²) in [5.74, 6) is -0.345. The molecule has 0 bridgehead atoms. The molecule has 1 amide bonds. The number of anilines is 1. The minimum absolute atomic E-state index is 0.103. The van der Waals surface area contributed by atoms with E-state index >= 15 is 0 Å². The van der Waals surface area contributed by atoms with Gasteiger partial charge in [-0.2, -0.15) is 0 Å². The van der Waals surface area contributed by atoms with Crippen molar-refractivity contribution in [3.8, 4) is 0 Å². The smallest absolute Gasteiger partial charge is 0.299 e. The summed E-state index contributed by atoms with van der Waals surface area (Å²) in [5, 5.41) is 24.5. The molecule has 9 heteroatoms. The van der Waals surface area contributed by atoms with Crippen molar-refractivity contribution in [2.75, 3.05) is 25.0 Å². The fraction of sp³-hybridized carbons (Fsp3) is 0.462. The highest BCUT2D eigenvalue weighted by atomic mass is 16.6. The van der Waals surface area contributed by atoms with Gasteiger partial charge in [0.05, 0.1) is 21.8 Å². The van der Waals surface area contributed by atoms with Crippen LogP contribution in [-0.4, -0.2) is 35.9 Å². The van der Waals surface area contributed by atoms with Crippen molar-refractivity contribution < 1.29 is 14.6 Å². The maximum atomic E-state index is 11.7. The maximum Gasteiger partial charge on any atom is 0.299 e. The van der Waals surface area contributed by atoms with Crippen molar-refractivity contribution in [1.29, 1.82) is 0 Å². The van der Waals surface area contributed by atoms with Crippen molar-refractivity contribution in [1.82, 2.24) is 5.32 Å². The van der Waals surface area contributed by atoms with Crippen molar-refractivity contribution in [2.45, 2.75) is 12.8 Å². The highest BCUT2D eigenvalue weighted by Crippen LogP contribution is 2.34. The average molecular weight is 308 g/mol. The summed E-state index contributed by atoms with van der Waals surface area (Å²) in [5.41, 5.74) is -0.328. The number of piperidine rings is 1. The van der Waals surface area contributed by atoms with Gasteiger partial charge in [-0.05, 0) is 18.9 Å². The Morgan fingerprint density at radius 2 is 2.05 bits per heavy atom. The second-order valence-corrected chi connectivity index (χ2v) is 5.09. The number of benzene rings is 1. The first-order valence-electron chi connectivity index (χ1n) is 6.83. The SMILES string of the molecule is CNC(=O)C1CCCN(c2ccc([N+](=O)[O-])cc2[N+](=O)[O-])C1. The zero-order valence-corrected chi connectivity index (χ0v) is 12.0. The van der Waals surface area contributed by atoms with Gasteiger partial charge < -0.3 is 10.2 Å². The predicted octanol–water partition coefficient (Wildman–Crippen LogP) is 1.47. The first kappa shape index (κ1) is 15.7. The molecule has 0 radical (unpaired) electrons. The van der Waals surface area contributed by atoms with Gasteiger partial charge in [0.15, 0.2) is 0 Å². The lowest BCUT2D eigenvalue weighted by molar-refractivity contribution is -0.393. The van der Waals surface area contributed by atoms with Gasteiger partial charge in [-0.3, -0.25) is 25.0 Å². The van der Waals surface area contributed by atoms with Gasteiger partial charge in [0.25, 0.3) is 11.4 Å². The van der Waals surface area contributed by atoms with E-state index < -0.39 is 9.85 Å². The summed E-state index contributed by atoms with van der Waals surface area (Å²) >= 11 is 0. The summed E-state index contributed by atoms with van der Waals surface area (Å²) in [6.07, 6.45) is 1.45. The number of amides is 1. The van der Waals surface area contributed by atoms with Gasteiger partial charge in [-0.1, -0.05) is 0 Å². The molecule has 1 saturated heterocycles. The molecule has 1 aromatic carbocycles. The fourth-order valence-electron chi connectivity index (χ4n) is 2.65. The number of carbonyl (C=O) groups excluding carboxylic acids is 1. The Morgan fingerprint density at radius 1 is 1.32 bits per heavy atom. The van der Waals surface area contributed by atoms with Gasteiger partial charge in [-0.15, -0.1) is 0 Å². The second-order valence-electron chi connectivity index (χ2n) is 5.09.